The topological polar surface area (TPSA) is 77.0 Å². The van der Waals surface area contributed by atoms with Crippen LogP contribution in [0.5, 0.6) is 0 Å². The molecule has 0 spiro atoms. The van der Waals surface area contributed by atoms with Crippen LogP contribution < -0.4 is 5.56 Å². The summed E-state index contributed by atoms with van der Waals surface area (Å²) in [7, 11) is 0. The van der Waals surface area contributed by atoms with Crippen LogP contribution in [0, 0.1) is 6.92 Å². The second-order valence-electron chi connectivity index (χ2n) is 5.69. The number of hydrogen-bond acceptors (Lipinski definition) is 4. The van der Waals surface area contributed by atoms with E-state index in [2.05, 4.69) is 10.1 Å². The molecule has 2 rings (SSSR count). The molecule has 1 N–H and O–H groups in total. The summed E-state index contributed by atoms with van der Waals surface area (Å²) >= 11 is 0. The van der Waals surface area contributed by atoms with Crippen LogP contribution in [0.1, 0.15) is 43.7 Å². The number of fused-ring (bicyclic) bond motifs is 1. The van der Waals surface area contributed by atoms with Gasteiger partial charge in [0.1, 0.15) is 5.65 Å². The van der Waals surface area contributed by atoms with E-state index in [1.165, 1.54) is 6.07 Å². The van der Waals surface area contributed by atoms with Gasteiger partial charge in [-0.3, -0.25) is 4.79 Å². The number of aromatic amines is 1. The van der Waals surface area contributed by atoms with E-state index < -0.39 is 5.97 Å². The highest BCUT2D eigenvalue weighted by molar-refractivity contribution is 6.02. The fraction of sp³-hybridized carbons (Fsp3) is 0.500. The number of rotatable bonds is 2. The van der Waals surface area contributed by atoms with Gasteiger partial charge in [0.05, 0.1) is 17.5 Å². The Hall–Kier alpha value is -2.11. The van der Waals surface area contributed by atoms with Crippen LogP contribution in [0.15, 0.2) is 10.9 Å². The summed E-state index contributed by atoms with van der Waals surface area (Å²) in [6, 6.07) is 1.46. The lowest BCUT2D eigenvalue weighted by Gasteiger charge is -2.19. The minimum atomic E-state index is -0.476. The number of esters is 1. The summed E-state index contributed by atoms with van der Waals surface area (Å²) in [6.07, 6.45) is 0. The third-order valence-electron chi connectivity index (χ3n) is 2.97. The van der Waals surface area contributed by atoms with Crippen molar-refractivity contribution < 1.29 is 9.53 Å². The molecule has 0 saturated heterocycles. The molecular weight excluding hydrogens is 258 g/mol. The van der Waals surface area contributed by atoms with Crippen molar-refractivity contribution >= 4 is 17.0 Å². The standard InChI is InChI=1S/C14H19N3O3/c1-6-20-13(19)11-10-8(2)7-9(18)15-12(10)17(16-11)14(3,4)5/h7H,6H2,1-5H3,(H,15,18). The van der Waals surface area contributed by atoms with E-state index in [9.17, 15) is 9.59 Å². The fourth-order valence-electron chi connectivity index (χ4n) is 2.16. The van der Waals surface area contributed by atoms with E-state index in [4.69, 9.17) is 4.74 Å². The van der Waals surface area contributed by atoms with Crippen LogP contribution in [-0.4, -0.2) is 27.3 Å². The molecular formula is C14H19N3O3. The van der Waals surface area contributed by atoms with Crippen molar-refractivity contribution in [1.29, 1.82) is 0 Å². The van der Waals surface area contributed by atoms with Crippen molar-refractivity contribution in [3.63, 3.8) is 0 Å². The molecule has 20 heavy (non-hydrogen) atoms. The predicted octanol–water partition coefficient (Wildman–Crippen LogP) is 1.96. The first-order valence-electron chi connectivity index (χ1n) is 6.56. The lowest BCUT2D eigenvalue weighted by Crippen LogP contribution is -2.24. The number of hydrogen-bond donors (Lipinski definition) is 1. The molecule has 108 valence electrons. The second kappa shape index (κ2) is 4.77. The highest BCUT2D eigenvalue weighted by Gasteiger charge is 2.26. The molecule has 0 aliphatic carbocycles. The van der Waals surface area contributed by atoms with Gasteiger partial charge in [-0.15, -0.1) is 0 Å². The summed E-state index contributed by atoms with van der Waals surface area (Å²) in [5, 5.41) is 4.99. The summed E-state index contributed by atoms with van der Waals surface area (Å²) < 4.78 is 6.70. The van der Waals surface area contributed by atoms with Gasteiger partial charge in [0.2, 0.25) is 5.56 Å². The molecule has 2 aromatic rings. The van der Waals surface area contributed by atoms with Gasteiger partial charge in [0, 0.05) is 6.07 Å². The largest absolute Gasteiger partial charge is 0.461 e. The third-order valence-corrected chi connectivity index (χ3v) is 2.97. The summed E-state index contributed by atoms with van der Waals surface area (Å²) in [5.41, 5.74) is 0.925. The molecule has 0 atom stereocenters. The molecule has 2 aromatic heterocycles. The number of carbonyl (C=O) groups excluding carboxylic acids is 1. The number of ether oxygens (including phenoxy) is 1. The maximum Gasteiger partial charge on any atom is 0.359 e. The SMILES string of the molecule is CCOC(=O)c1nn(C(C)(C)C)c2[nH]c(=O)cc(C)c12. The first-order chi connectivity index (χ1) is 9.25. The molecule has 2 heterocycles. The van der Waals surface area contributed by atoms with E-state index in [0.717, 1.165) is 0 Å². The number of pyridine rings is 1. The van der Waals surface area contributed by atoms with Gasteiger partial charge in [0.15, 0.2) is 5.69 Å². The van der Waals surface area contributed by atoms with Gasteiger partial charge >= 0.3 is 5.97 Å². The highest BCUT2D eigenvalue weighted by Crippen LogP contribution is 2.25. The van der Waals surface area contributed by atoms with E-state index in [0.29, 0.717) is 16.6 Å². The quantitative estimate of drug-likeness (QED) is 0.851. The van der Waals surface area contributed by atoms with E-state index in [1.54, 1.807) is 18.5 Å². The third kappa shape index (κ3) is 2.33. The van der Waals surface area contributed by atoms with Crippen LogP contribution in [0.4, 0.5) is 0 Å². The first-order valence-corrected chi connectivity index (χ1v) is 6.56. The number of H-pyrrole nitrogens is 1. The Morgan fingerprint density at radius 2 is 2.10 bits per heavy atom. The monoisotopic (exact) mass is 277 g/mol. The summed E-state index contributed by atoms with van der Waals surface area (Å²) in [5.74, 6) is -0.476. The summed E-state index contributed by atoms with van der Waals surface area (Å²) in [4.78, 5) is 26.5. The molecule has 0 amide bonds. The molecule has 0 aromatic carbocycles. The van der Waals surface area contributed by atoms with Crippen molar-refractivity contribution in [1.82, 2.24) is 14.8 Å². The smallest absolute Gasteiger partial charge is 0.359 e. The van der Waals surface area contributed by atoms with E-state index in [1.807, 2.05) is 20.8 Å². The van der Waals surface area contributed by atoms with Gasteiger partial charge in [-0.2, -0.15) is 5.10 Å². The zero-order valence-corrected chi connectivity index (χ0v) is 12.4. The first kappa shape index (κ1) is 14.3. The van der Waals surface area contributed by atoms with Crippen molar-refractivity contribution in [2.75, 3.05) is 6.61 Å². The Morgan fingerprint density at radius 1 is 1.45 bits per heavy atom. The van der Waals surface area contributed by atoms with Gasteiger partial charge in [-0.05, 0) is 40.2 Å². The molecule has 0 saturated carbocycles. The Kier molecular flexibility index (Phi) is 3.41. The molecule has 6 heteroatoms. The molecule has 0 fully saturated rings. The van der Waals surface area contributed by atoms with E-state index >= 15 is 0 Å². The minimum Gasteiger partial charge on any atom is -0.461 e. The Bertz CT molecular complexity index is 720. The molecule has 0 radical (unpaired) electrons. The average molecular weight is 277 g/mol. The van der Waals surface area contributed by atoms with Crippen LogP contribution in [0.2, 0.25) is 0 Å². The zero-order chi connectivity index (χ0) is 15.1. The van der Waals surface area contributed by atoms with Gasteiger partial charge in [-0.1, -0.05) is 0 Å². The number of carbonyl (C=O) groups is 1. The zero-order valence-electron chi connectivity index (χ0n) is 12.4. The van der Waals surface area contributed by atoms with Crippen molar-refractivity contribution in [2.45, 2.75) is 40.2 Å². The molecule has 0 aliphatic rings. The van der Waals surface area contributed by atoms with Crippen molar-refractivity contribution in [3.05, 3.63) is 27.7 Å². The Morgan fingerprint density at radius 3 is 2.65 bits per heavy atom. The molecule has 0 unspecified atom stereocenters. The normalized spacial score (nSPS) is 11.8. The molecule has 6 nitrogen and oxygen atoms in total. The number of nitrogens with one attached hydrogen (secondary N) is 1. The van der Waals surface area contributed by atoms with Crippen LogP contribution in [0.25, 0.3) is 11.0 Å². The maximum absolute atomic E-state index is 12.0. The van der Waals surface area contributed by atoms with Gasteiger partial charge in [0.25, 0.3) is 0 Å². The van der Waals surface area contributed by atoms with Crippen molar-refractivity contribution in [3.8, 4) is 0 Å². The van der Waals surface area contributed by atoms with Gasteiger partial charge in [-0.25, -0.2) is 9.48 Å². The Labute approximate surface area is 116 Å². The average Bonchev–Trinajstić information content (AvgIpc) is 2.68. The number of nitrogens with zero attached hydrogens (tertiary/aromatic N) is 2. The maximum atomic E-state index is 12.0. The second-order valence-corrected chi connectivity index (χ2v) is 5.69. The van der Waals surface area contributed by atoms with Crippen LogP contribution >= 0.6 is 0 Å². The van der Waals surface area contributed by atoms with Crippen molar-refractivity contribution in [2.24, 2.45) is 0 Å². The lowest BCUT2D eigenvalue weighted by molar-refractivity contribution is 0.0519. The number of aryl methyl sites for hydroxylation is 1. The van der Waals surface area contributed by atoms with Crippen LogP contribution in [0.3, 0.4) is 0 Å². The fourth-order valence-corrected chi connectivity index (χ4v) is 2.16. The highest BCUT2D eigenvalue weighted by atomic mass is 16.5. The predicted molar refractivity (Wildman–Crippen MR) is 76.0 cm³/mol. The number of aromatic nitrogens is 3. The van der Waals surface area contributed by atoms with E-state index in [-0.39, 0.29) is 23.4 Å². The van der Waals surface area contributed by atoms with Crippen LogP contribution in [-0.2, 0) is 10.3 Å². The minimum absolute atomic E-state index is 0.212. The Balaban J connectivity index is 2.84. The summed E-state index contributed by atoms with van der Waals surface area (Å²) in [6.45, 7) is 9.68. The van der Waals surface area contributed by atoms with Gasteiger partial charge < -0.3 is 9.72 Å². The lowest BCUT2D eigenvalue weighted by atomic mass is 10.1. The molecule has 0 aliphatic heterocycles. The molecule has 0 bridgehead atoms.